The molecule has 0 aromatic heterocycles. The van der Waals surface area contributed by atoms with Gasteiger partial charge in [0.2, 0.25) is 0 Å². The van der Waals surface area contributed by atoms with E-state index >= 15 is 0 Å². The van der Waals surface area contributed by atoms with Gasteiger partial charge in [-0.2, -0.15) is 0 Å². The molecule has 6 nitrogen and oxygen atoms in total. The number of nitrogens with zero attached hydrogens (tertiary/aromatic N) is 1. The first-order chi connectivity index (χ1) is 19.7. The van der Waals surface area contributed by atoms with E-state index in [0.717, 1.165) is 49.4 Å². The van der Waals surface area contributed by atoms with Gasteiger partial charge in [0.1, 0.15) is 0 Å². The van der Waals surface area contributed by atoms with Crippen LogP contribution in [-0.4, -0.2) is 72.9 Å². The minimum absolute atomic E-state index is 0.0921. The van der Waals surface area contributed by atoms with E-state index in [2.05, 4.69) is 53.5 Å². The van der Waals surface area contributed by atoms with Crippen LogP contribution in [0.15, 0.2) is 66.7 Å². The van der Waals surface area contributed by atoms with E-state index in [1.54, 1.807) is 7.11 Å². The number of rotatable bonds is 15. The van der Waals surface area contributed by atoms with E-state index < -0.39 is 0 Å². The van der Waals surface area contributed by atoms with Crippen LogP contribution in [-0.2, 0) is 29.9 Å². The van der Waals surface area contributed by atoms with Crippen LogP contribution in [0.5, 0.6) is 0 Å². The molecule has 3 atom stereocenters. The van der Waals surface area contributed by atoms with Gasteiger partial charge in [-0.1, -0.05) is 78.5 Å². The average molecular weight is 584 g/mol. The molecule has 2 aliphatic rings. The Bertz CT molecular complexity index is 1070. The summed E-state index contributed by atoms with van der Waals surface area (Å²) in [5, 5.41) is 0.223. The number of morpholine rings is 1. The summed E-state index contributed by atoms with van der Waals surface area (Å²) in [6.07, 6.45) is 7.70. The van der Waals surface area contributed by atoms with Gasteiger partial charge in [-0.3, -0.25) is 14.5 Å². The fourth-order valence-electron chi connectivity index (χ4n) is 5.47. The quantitative estimate of drug-likeness (QED) is 0.140. The summed E-state index contributed by atoms with van der Waals surface area (Å²) in [6.45, 7) is 3.42. The number of thioether (sulfide) groups is 1. The third-order valence-corrected chi connectivity index (χ3v) is 9.27. The first kappa shape index (κ1) is 31.0. The molecule has 4 rings (SSSR count). The Labute approximate surface area is 247 Å². The van der Waals surface area contributed by atoms with Gasteiger partial charge in [0.05, 0.1) is 39.1 Å². The number of hydrogen-bond donors (Lipinski definition) is 0. The van der Waals surface area contributed by atoms with Gasteiger partial charge >= 0.3 is 0 Å². The van der Waals surface area contributed by atoms with Crippen molar-refractivity contribution in [2.45, 2.75) is 50.9 Å². The third-order valence-electron chi connectivity index (χ3n) is 7.48. The Kier molecular flexibility index (Phi) is 13.3. The highest BCUT2D eigenvalue weighted by Gasteiger charge is 2.45. The molecule has 1 saturated heterocycles. The maximum Gasteiger partial charge on any atom is 0.189 e. The fourth-order valence-corrected chi connectivity index (χ4v) is 6.73. The zero-order chi connectivity index (χ0) is 28.0. The minimum Gasteiger partial charge on any atom is -0.379 e. The summed E-state index contributed by atoms with van der Waals surface area (Å²) in [6, 6.07) is 18.7. The summed E-state index contributed by atoms with van der Waals surface area (Å²) >= 11 is 2.75. The molecule has 2 fully saturated rings. The number of allylic oxidation sites excluding steroid dienone is 2. The van der Waals surface area contributed by atoms with Crippen LogP contribution < -0.4 is 0 Å². The summed E-state index contributed by atoms with van der Waals surface area (Å²) in [5.41, 5.74) is 3.49. The fraction of sp³-hybridized carbons (Fsp3) is 0.500. The molecule has 2 aromatic rings. The molecule has 1 aliphatic heterocycles. The Morgan fingerprint density at radius 3 is 2.48 bits per heavy atom. The van der Waals surface area contributed by atoms with Gasteiger partial charge in [-0.05, 0) is 48.0 Å². The summed E-state index contributed by atoms with van der Waals surface area (Å²) < 4.78 is 16.9. The molecule has 0 bridgehead atoms. The van der Waals surface area contributed by atoms with E-state index in [0.29, 0.717) is 32.7 Å². The molecule has 0 N–H and O–H groups in total. The number of carbonyl (C=O) groups excluding carboxylic acids is 2. The lowest BCUT2D eigenvalue weighted by Crippen LogP contribution is -2.49. The zero-order valence-electron chi connectivity index (χ0n) is 23.4. The van der Waals surface area contributed by atoms with Crippen LogP contribution in [0.1, 0.15) is 37.7 Å². The van der Waals surface area contributed by atoms with Crippen LogP contribution in [0.3, 0.4) is 0 Å². The predicted molar refractivity (Wildman–Crippen MR) is 164 cm³/mol. The number of ether oxygens (including phenoxy) is 2. The van der Waals surface area contributed by atoms with Gasteiger partial charge in [-0.15, -0.1) is 0 Å². The number of ketones is 1. The lowest BCUT2D eigenvalue weighted by Gasteiger charge is -2.35. The number of carbonyl (C=O) groups is 2. The number of benzene rings is 2. The lowest BCUT2D eigenvalue weighted by molar-refractivity contribution is -0.124. The van der Waals surface area contributed by atoms with Crippen molar-refractivity contribution >= 4 is 34.7 Å². The zero-order valence-corrected chi connectivity index (χ0v) is 25.0. The maximum atomic E-state index is 13.2. The molecule has 2 aromatic carbocycles. The molecule has 3 unspecified atom stereocenters. The van der Waals surface area contributed by atoms with Gasteiger partial charge in [0, 0.05) is 43.4 Å². The van der Waals surface area contributed by atoms with Gasteiger partial charge in [-0.25, -0.2) is 0 Å². The van der Waals surface area contributed by atoms with Crippen molar-refractivity contribution < 1.29 is 23.2 Å². The minimum atomic E-state index is -0.106. The van der Waals surface area contributed by atoms with Crippen molar-refractivity contribution in [3.63, 3.8) is 0 Å². The third kappa shape index (κ3) is 9.57. The van der Waals surface area contributed by atoms with Gasteiger partial charge in [0.15, 0.2) is 10.9 Å². The molecule has 0 radical (unpaired) electrons. The highest BCUT2D eigenvalue weighted by Crippen LogP contribution is 2.35. The molecule has 40 heavy (non-hydrogen) atoms. The number of Topliss-reactive ketones (excluding diaryl/α,β-unsaturated/α-hetero) is 1. The first-order valence-electron chi connectivity index (χ1n) is 14.2. The molecule has 1 saturated carbocycles. The Hall–Kier alpha value is -1.94. The summed E-state index contributed by atoms with van der Waals surface area (Å²) in [7, 11) is 1.64. The first-order valence-corrected chi connectivity index (χ1v) is 16.1. The van der Waals surface area contributed by atoms with E-state index in [-0.39, 0.29) is 29.0 Å². The van der Waals surface area contributed by atoms with E-state index in [9.17, 15) is 9.59 Å². The molecular weight excluding hydrogens is 542 g/mol. The van der Waals surface area contributed by atoms with Crippen LogP contribution >= 0.6 is 23.8 Å². The summed E-state index contributed by atoms with van der Waals surface area (Å²) in [4.78, 5) is 27.6. The SMILES string of the molecule is COSCCSC(=O)CC/C=C/CCC1C(OCc2ccc(-c3ccccc3)cc2)CC(=O)C1N1CCOCC1. The van der Waals surface area contributed by atoms with Crippen molar-refractivity contribution in [2.24, 2.45) is 5.92 Å². The van der Waals surface area contributed by atoms with E-state index in [1.807, 2.05) is 18.2 Å². The second kappa shape index (κ2) is 17.1. The van der Waals surface area contributed by atoms with Crippen molar-refractivity contribution in [2.75, 3.05) is 44.9 Å². The van der Waals surface area contributed by atoms with Crippen LogP contribution in [0.25, 0.3) is 11.1 Å². The molecule has 0 spiro atoms. The molecule has 8 heteroatoms. The maximum absolute atomic E-state index is 13.2. The standard InChI is InChI=1S/C32H41NO5S2/c1-36-40-22-21-39-31(35)12-8-3-2-7-11-28-30(23-29(34)32(28)33-17-19-37-20-18-33)38-24-25-13-15-27(16-14-25)26-9-5-4-6-10-26/h2-6,9-10,13-16,28,30,32H,7-8,11-12,17-24H2,1H3/b3-2+. The second-order valence-corrected chi connectivity index (χ2v) is 12.3. The molecule has 1 aliphatic carbocycles. The van der Waals surface area contributed by atoms with Crippen LogP contribution in [0.2, 0.25) is 0 Å². The largest absolute Gasteiger partial charge is 0.379 e. The van der Waals surface area contributed by atoms with Crippen molar-refractivity contribution in [1.82, 2.24) is 4.90 Å². The monoisotopic (exact) mass is 583 g/mol. The highest BCUT2D eigenvalue weighted by atomic mass is 32.2. The summed E-state index contributed by atoms with van der Waals surface area (Å²) in [5.74, 6) is 2.03. The predicted octanol–water partition coefficient (Wildman–Crippen LogP) is 6.20. The lowest BCUT2D eigenvalue weighted by atomic mass is 9.93. The second-order valence-electron chi connectivity index (χ2n) is 10.1. The number of hydrogen-bond acceptors (Lipinski definition) is 8. The Morgan fingerprint density at radius 2 is 1.73 bits per heavy atom. The topological polar surface area (TPSA) is 65.1 Å². The molecular formula is C32H41NO5S2. The smallest absolute Gasteiger partial charge is 0.189 e. The molecule has 0 amide bonds. The van der Waals surface area contributed by atoms with Gasteiger partial charge < -0.3 is 13.7 Å². The van der Waals surface area contributed by atoms with Crippen LogP contribution in [0, 0.1) is 5.92 Å². The highest BCUT2D eigenvalue weighted by molar-refractivity contribution is 8.14. The molecule has 1 heterocycles. The van der Waals surface area contributed by atoms with E-state index in [1.165, 1.54) is 34.9 Å². The van der Waals surface area contributed by atoms with Crippen LogP contribution in [0.4, 0.5) is 0 Å². The Balaban J connectivity index is 1.29. The van der Waals surface area contributed by atoms with Gasteiger partial charge in [0.25, 0.3) is 0 Å². The van der Waals surface area contributed by atoms with Crippen molar-refractivity contribution in [3.8, 4) is 11.1 Å². The normalized spacial score (nSPS) is 21.8. The Morgan fingerprint density at radius 1 is 1.00 bits per heavy atom. The average Bonchev–Trinajstić information content (AvgIpc) is 3.31. The van der Waals surface area contributed by atoms with Crippen molar-refractivity contribution in [1.29, 1.82) is 0 Å². The van der Waals surface area contributed by atoms with Crippen molar-refractivity contribution in [3.05, 3.63) is 72.3 Å². The van der Waals surface area contributed by atoms with E-state index in [4.69, 9.17) is 13.7 Å². The molecule has 216 valence electrons.